The molecule has 0 aromatic heterocycles. The van der Waals surface area contributed by atoms with E-state index in [-0.39, 0.29) is 25.0 Å². The van der Waals surface area contributed by atoms with Gasteiger partial charge in [-0.1, -0.05) is 211 Å². The molecular formula is C70H64N4O8. The largest absolute Gasteiger partial charge is 0.497 e. The number of methoxy groups -OCH3 is 2. The molecule has 0 fully saturated rings. The summed E-state index contributed by atoms with van der Waals surface area (Å²) in [5.74, 6) is -0.498. The number of amides is 4. The normalized spacial score (nSPS) is 12.5. The summed E-state index contributed by atoms with van der Waals surface area (Å²) >= 11 is 0. The second kappa shape index (κ2) is 25.5. The van der Waals surface area contributed by atoms with E-state index in [0.717, 1.165) is 61.2 Å². The molecule has 0 saturated heterocycles. The van der Waals surface area contributed by atoms with Crippen molar-refractivity contribution in [1.82, 2.24) is 21.3 Å². The van der Waals surface area contributed by atoms with Crippen molar-refractivity contribution in [3.05, 3.63) is 292 Å². The van der Waals surface area contributed by atoms with E-state index in [1.807, 2.05) is 190 Å². The Morgan fingerprint density at radius 3 is 1.48 bits per heavy atom. The van der Waals surface area contributed by atoms with E-state index in [0.29, 0.717) is 28.4 Å². The summed E-state index contributed by atoms with van der Waals surface area (Å²) in [5, 5.41) is 12.5. The maximum atomic E-state index is 15.3. The topological polar surface area (TPSA) is 153 Å². The number of fused-ring (bicyclic) bond motifs is 3. The average molecular weight is 1090 g/mol. The van der Waals surface area contributed by atoms with Gasteiger partial charge in [0, 0.05) is 17.5 Å². The number of rotatable bonds is 21. The van der Waals surface area contributed by atoms with Crippen LogP contribution < -0.4 is 35.5 Å². The summed E-state index contributed by atoms with van der Waals surface area (Å²) in [7, 11) is 3.07. The van der Waals surface area contributed by atoms with E-state index in [2.05, 4.69) is 33.4 Å². The summed E-state index contributed by atoms with van der Waals surface area (Å²) in [6.45, 7) is 3.74. The number of ether oxygens (including phenoxy) is 4. The number of aryl methyl sites for hydroxylation is 2. The van der Waals surface area contributed by atoms with E-state index < -0.39 is 48.0 Å². The summed E-state index contributed by atoms with van der Waals surface area (Å²) in [4.78, 5) is 58.4. The molecule has 1 unspecified atom stereocenters. The SMILES string of the molecule is COc1ccc(C(NC(=O)[C@H](CC(=O)NC(c2ccccc2)(c2ccccc2)c2ccccc2)NC(=O)OCC2c3ccccc3-c3ccccc32)c2ccc(OCC(=O)NC(c3ccc(C)cc3)c3ccc(C)cc3)cc2)c(OC)c1. The first-order chi connectivity index (χ1) is 40.0. The van der Waals surface area contributed by atoms with E-state index in [1.165, 1.54) is 7.11 Å². The first-order valence-electron chi connectivity index (χ1n) is 27.3. The number of nitrogens with one attached hydrogen (secondary N) is 4. The van der Waals surface area contributed by atoms with E-state index >= 15 is 9.59 Å². The standard InChI is InChI=1S/C70H64N4O8/c1-46-28-32-48(33-29-46)66(49-34-30-47(2)31-35-49)72-65(76)45-81-54-38-36-50(37-39-54)67(60-41-40-55(79-3)42-63(60)80-4)73-68(77)62(71-69(78)82-44-61-58-26-16-14-24-56(58)57-25-15-17-27-59(57)61)43-64(75)74-70(51-18-8-5-9-19-51,52-20-10-6-11-21-52)53-22-12-7-13-23-53/h5-42,61-62,66-67H,43-45H2,1-4H3,(H,71,78)(H,72,76)(H,73,77)(H,74,75)/t62-,67?/m0/s1. The minimum Gasteiger partial charge on any atom is -0.497 e. The Balaban J connectivity index is 0.943. The van der Waals surface area contributed by atoms with Gasteiger partial charge in [0.05, 0.1) is 32.7 Å². The van der Waals surface area contributed by atoms with Crippen LogP contribution in [0.25, 0.3) is 11.1 Å². The highest BCUT2D eigenvalue weighted by atomic mass is 16.5. The van der Waals surface area contributed by atoms with Crippen LogP contribution in [0.2, 0.25) is 0 Å². The highest BCUT2D eigenvalue weighted by Gasteiger charge is 2.40. The Morgan fingerprint density at radius 1 is 0.488 bits per heavy atom. The monoisotopic (exact) mass is 1090 g/mol. The van der Waals surface area contributed by atoms with E-state index in [4.69, 9.17) is 18.9 Å². The molecular weight excluding hydrogens is 1020 g/mol. The lowest BCUT2D eigenvalue weighted by Gasteiger charge is -2.37. The van der Waals surface area contributed by atoms with Gasteiger partial charge in [0.15, 0.2) is 6.61 Å². The van der Waals surface area contributed by atoms with Gasteiger partial charge in [-0.2, -0.15) is 0 Å². The Bertz CT molecular complexity index is 3470. The summed E-state index contributed by atoms with van der Waals surface area (Å²) in [6.07, 6.45) is -1.39. The van der Waals surface area contributed by atoms with Crippen LogP contribution in [0.4, 0.5) is 4.79 Å². The number of carbonyl (C=O) groups excluding carboxylic acids is 4. The lowest BCUT2D eigenvalue weighted by Crippen LogP contribution is -2.53. The van der Waals surface area contributed by atoms with E-state index in [9.17, 15) is 9.59 Å². The van der Waals surface area contributed by atoms with Gasteiger partial charge in [0.25, 0.3) is 5.91 Å². The molecule has 9 aromatic rings. The Kier molecular flexibility index (Phi) is 17.2. The Hall–Kier alpha value is -9.94. The second-order valence-corrected chi connectivity index (χ2v) is 20.4. The molecule has 1 aliphatic carbocycles. The fourth-order valence-corrected chi connectivity index (χ4v) is 10.8. The average Bonchev–Trinajstić information content (AvgIpc) is 4.05. The van der Waals surface area contributed by atoms with Crippen LogP contribution in [-0.2, 0) is 24.7 Å². The third kappa shape index (κ3) is 12.4. The van der Waals surface area contributed by atoms with Crippen LogP contribution in [-0.4, -0.2) is 57.3 Å². The molecule has 12 heteroatoms. The highest BCUT2D eigenvalue weighted by molar-refractivity contribution is 5.92. The molecule has 412 valence electrons. The lowest BCUT2D eigenvalue weighted by atomic mass is 9.77. The van der Waals surface area contributed by atoms with Crippen molar-refractivity contribution in [3.63, 3.8) is 0 Å². The van der Waals surface area contributed by atoms with Crippen molar-refractivity contribution in [1.29, 1.82) is 0 Å². The predicted molar refractivity (Wildman–Crippen MR) is 318 cm³/mol. The number of benzene rings is 9. The van der Waals surface area contributed by atoms with Gasteiger partial charge in [0.1, 0.15) is 35.4 Å². The fraction of sp³-hybridized carbons (Fsp3) is 0.171. The second-order valence-electron chi connectivity index (χ2n) is 20.4. The van der Waals surface area contributed by atoms with Crippen LogP contribution in [0.5, 0.6) is 17.2 Å². The number of alkyl carbamates (subject to hydrolysis) is 1. The molecule has 82 heavy (non-hydrogen) atoms. The zero-order valence-corrected chi connectivity index (χ0v) is 46.1. The van der Waals surface area contributed by atoms with Crippen LogP contribution in [0.15, 0.2) is 231 Å². The molecule has 9 aromatic carbocycles. The predicted octanol–water partition coefficient (Wildman–Crippen LogP) is 12.2. The van der Waals surface area contributed by atoms with Gasteiger partial charge < -0.3 is 40.2 Å². The van der Waals surface area contributed by atoms with Crippen molar-refractivity contribution in [2.24, 2.45) is 0 Å². The van der Waals surface area contributed by atoms with Gasteiger partial charge in [-0.3, -0.25) is 14.4 Å². The van der Waals surface area contributed by atoms with Crippen LogP contribution >= 0.6 is 0 Å². The third-order valence-corrected chi connectivity index (χ3v) is 15.0. The van der Waals surface area contributed by atoms with Crippen LogP contribution in [0, 0.1) is 13.8 Å². The van der Waals surface area contributed by atoms with E-state index in [1.54, 1.807) is 49.6 Å². The van der Waals surface area contributed by atoms with Gasteiger partial charge >= 0.3 is 6.09 Å². The van der Waals surface area contributed by atoms with Crippen molar-refractivity contribution < 1.29 is 38.1 Å². The molecule has 10 rings (SSSR count). The fourth-order valence-electron chi connectivity index (χ4n) is 10.8. The zero-order chi connectivity index (χ0) is 57.0. The molecule has 0 aliphatic heterocycles. The molecule has 0 heterocycles. The Labute approximate surface area is 478 Å². The molecule has 0 spiro atoms. The molecule has 4 N–H and O–H groups in total. The summed E-state index contributed by atoms with van der Waals surface area (Å²) in [5.41, 5.74) is 10.5. The summed E-state index contributed by atoms with van der Waals surface area (Å²) < 4.78 is 23.6. The summed E-state index contributed by atoms with van der Waals surface area (Å²) in [6, 6.07) is 70.5. The first kappa shape index (κ1) is 55.4. The minimum absolute atomic E-state index is 0.0264. The number of hydrogen-bond donors (Lipinski definition) is 4. The molecule has 0 radical (unpaired) electrons. The maximum Gasteiger partial charge on any atom is 0.407 e. The van der Waals surface area contributed by atoms with Gasteiger partial charge in [0.2, 0.25) is 11.8 Å². The first-order valence-corrected chi connectivity index (χ1v) is 27.3. The minimum atomic E-state index is -1.48. The van der Waals surface area contributed by atoms with Crippen molar-refractivity contribution >= 4 is 23.8 Å². The van der Waals surface area contributed by atoms with Gasteiger partial charge in [-0.05, 0) is 93.7 Å². The molecule has 4 amide bonds. The van der Waals surface area contributed by atoms with Crippen LogP contribution in [0.1, 0.15) is 85.6 Å². The van der Waals surface area contributed by atoms with Crippen molar-refractivity contribution in [3.8, 4) is 28.4 Å². The van der Waals surface area contributed by atoms with Crippen molar-refractivity contribution in [2.45, 2.75) is 49.9 Å². The quantitative estimate of drug-likeness (QED) is 0.0519. The zero-order valence-electron chi connectivity index (χ0n) is 46.1. The van der Waals surface area contributed by atoms with Gasteiger partial charge in [-0.25, -0.2) is 4.79 Å². The maximum absolute atomic E-state index is 15.3. The number of hydrogen-bond acceptors (Lipinski definition) is 8. The molecule has 0 bridgehead atoms. The Morgan fingerprint density at radius 2 is 0.963 bits per heavy atom. The molecule has 12 nitrogen and oxygen atoms in total. The number of carbonyl (C=O) groups is 4. The van der Waals surface area contributed by atoms with Crippen LogP contribution in [0.3, 0.4) is 0 Å². The smallest absolute Gasteiger partial charge is 0.407 e. The van der Waals surface area contributed by atoms with Gasteiger partial charge in [-0.15, -0.1) is 0 Å². The lowest BCUT2D eigenvalue weighted by molar-refractivity contribution is -0.129. The highest BCUT2D eigenvalue weighted by Crippen LogP contribution is 2.45. The molecule has 2 atom stereocenters. The van der Waals surface area contributed by atoms with Crippen molar-refractivity contribution in [2.75, 3.05) is 27.4 Å². The molecule has 1 aliphatic rings. The third-order valence-electron chi connectivity index (χ3n) is 15.0. The molecule has 0 saturated carbocycles.